The maximum Gasteiger partial charge on any atom is 0.241 e. The van der Waals surface area contributed by atoms with Crippen LogP contribution in [0, 0.1) is 0 Å². The van der Waals surface area contributed by atoms with Crippen molar-refractivity contribution in [2.45, 2.75) is 45.2 Å². The molecule has 1 saturated heterocycles. The third kappa shape index (κ3) is 5.92. The number of benzene rings is 2. The lowest BCUT2D eigenvalue weighted by molar-refractivity contribution is -0.118. The highest BCUT2D eigenvalue weighted by Gasteiger charge is 2.21. The highest BCUT2D eigenvalue weighted by molar-refractivity contribution is 5.95. The van der Waals surface area contributed by atoms with Gasteiger partial charge in [0.15, 0.2) is 0 Å². The van der Waals surface area contributed by atoms with Gasteiger partial charge in [-0.25, -0.2) is 0 Å². The van der Waals surface area contributed by atoms with Crippen LogP contribution >= 0.6 is 0 Å². The van der Waals surface area contributed by atoms with Gasteiger partial charge in [-0.05, 0) is 99.9 Å². The number of amides is 2. The predicted octanol–water partition coefficient (Wildman–Crippen LogP) is 4.63. The van der Waals surface area contributed by atoms with Crippen molar-refractivity contribution in [3.05, 3.63) is 60.7 Å². The summed E-state index contributed by atoms with van der Waals surface area (Å²) >= 11 is 0. The van der Waals surface area contributed by atoms with Crippen LogP contribution in [0.4, 0.5) is 11.4 Å². The van der Waals surface area contributed by atoms with E-state index in [1.807, 2.05) is 67.6 Å². The molecule has 4 rings (SSSR count). The first-order valence-corrected chi connectivity index (χ1v) is 11.9. The van der Waals surface area contributed by atoms with E-state index in [1.165, 1.54) is 0 Å². The quantitative estimate of drug-likeness (QED) is 0.373. The first-order chi connectivity index (χ1) is 16.5. The molecule has 0 aliphatic carbocycles. The van der Waals surface area contributed by atoms with Crippen LogP contribution in [0.25, 0.3) is 22.6 Å². The van der Waals surface area contributed by atoms with Gasteiger partial charge in [-0.2, -0.15) is 0 Å². The van der Waals surface area contributed by atoms with Crippen molar-refractivity contribution in [1.82, 2.24) is 10.6 Å². The Bertz CT molecular complexity index is 1100. The summed E-state index contributed by atoms with van der Waals surface area (Å²) in [5, 5.41) is 12.3. The summed E-state index contributed by atoms with van der Waals surface area (Å²) in [7, 11) is 0. The summed E-state index contributed by atoms with van der Waals surface area (Å²) in [5.74, 6) is 1.45. The largest absolute Gasteiger partial charge is 0.456 e. The van der Waals surface area contributed by atoms with Gasteiger partial charge in [-0.15, -0.1) is 0 Å². The van der Waals surface area contributed by atoms with Crippen molar-refractivity contribution in [2.24, 2.45) is 0 Å². The Labute approximate surface area is 200 Å². The molecule has 1 aliphatic rings. The smallest absolute Gasteiger partial charge is 0.241 e. The zero-order valence-electron chi connectivity index (χ0n) is 19.7. The van der Waals surface area contributed by atoms with Crippen LogP contribution in [0.15, 0.2) is 65.1 Å². The van der Waals surface area contributed by atoms with E-state index in [2.05, 4.69) is 28.2 Å². The number of hydrogen-bond acceptors (Lipinski definition) is 5. The molecule has 178 valence electrons. The molecule has 7 heteroatoms. The second-order valence-corrected chi connectivity index (χ2v) is 8.62. The molecular weight excluding hydrogens is 428 g/mol. The highest BCUT2D eigenvalue weighted by atomic mass is 16.3. The van der Waals surface area contributed by atoms with Crippen molar-refractivity contribution in [1.29, 1.82) is 0 Å². The number of anilines is 2. The number of hydrogen-bond donors (Lipinski definition) is 4. The van der Waals surface area contributed by atoms with E-state index in [4.69, 9.17) is 4.42 Å². The molecule has 2 aromatic carbocycles. The molecule has 2 atom stereocenters. The summed E-state index contributed by atoms with van der Waals surface area (Å²) in [4.78, 5) is 24.5. The first-order valence-electron chi connectivity index (χ1n) is 11.9. The van der Waals surface area contributed by atoms with Crippen molar-refractivity contribution in [3.8, 4) is 22.6 Å². The SMILES string of the molecule is CCCNC(C)C(=O)Nc1ccc(-c2ccc(-c3ccc(NC(=O)C4CCCN4)cc3)o2)cc1. The van der Waals surface area contributed by atoms with Crippen LogP contribution in [-0.2, 0) is 9.59 Å². The molecular formula is C27H32N4O3. The molecule has 1 aromatic heterocycles. The third-order valence-corrected chi connectivity index (χ3v) is 5.95. The van der Waals surface area contributed by atoms with Gasteiger partial charge in [0.05, 0.1) is 12.1 Å². The van der Waals surface area contributed by atoms with Crippen LogP contribution in [0.5, 0.6) is 0 Å². The van der Waals surface area contributed by atoms with Crippen LogP contribution in [0.2, 0.25) is 0 Å². The van der Waals surface area contributed by atoms with E-state index in [0.29, 0.717) is 0 Å². The normalized spacial score (nSPS) is 16.2. The van der Waals surface area contributed by atoms with Gasteiger partial charge in [0.25, 0.3) is 0 Å². The van der Waals surface area contributed by atoms with E-state index >= 15 is 0 Å². The first kappa shape index (κ1) is 23.7. The fourth-order valence-electron chi connectivity index (χ4n) is 3.93. The maximum absolute atomic E-state index is 12.3. The summed E-state index contributed by atoms with van der Waals surface area (Å²) < 4.78 is 6.07. The van der Waals surface area contributed by atoms with E-state index in [1.54, 1.807) is 0 Å². The fraction of sp³-hybridized carbons (Fsp3) is 0.333. The topological polar surface area (TPSA) is 95.4 Å². The number of furan rings is 1. The van der Waals surface area contributed by atoms with Crippen molar-refractivity contribution in [2.75, 3.05) is 23.7 Å². The number of carbonyl (C=O) groups excluding carboxylic acids is 2. The minimum Gasteiger partial charge on any atom is -0.456 e. The van der Waals surface area contributed by atoms with Crippen LogP contribution in [0.3, 0.4) is 0 Å². The lowest BCUT2D eigenvalue weighted by Crippen LogP contribution is -2.38. The lowest BCUT2D eigenvalue weighted by Gasteiger charge is -2.13. The van der Waals surface area contributed by atoms with Crippen LogP contribution in [0.1, 0.15) is 33.1 Å². The van der Waals surface area contributed by atoms with Crippen molar-refractivity contribution < 1.29 is 14.0 Å². The van der Waals surface area contributed by atoms with Gasteiger partial charge in [0.2, 0.25) is 11.8 Å². The molecule has 4 N–H and O–H groups in total. The Hall–Kier alpha value is -3.42. The monoisotopic (exact) mass is 460 g/mol. The minimum absolute atomic E-state index is 0.0110. The zero-order valence-corrected chi connectivity index (χ0v) is 19.7. The minimum atomic E-state index is -0.244. The molecule has 2 unspecified atom stereocenters. The van der Waals surface area contributed by atoms with Gasteiger partial charge < -0.3 is 25.7 Å². The predicted molar refractivity (Wildman–Crippen MR) is 136 cm³/mol. The van der Waals surface area contributed by atoms with Crippen LogP contribution in [-0.4, -0.2) is 37.0 Å². The van der Waals surface area contributed by atoms with Gasteiger partial charge >= 0.3 is 0 Å². The van der Waals surface area contributed by atoms with Gasteiger partial charge in [0.1, 0.15) is 11.5 Å². The van der Waals surface area contributed by atoms with E-state index in [-0.39, 0.29) is 23.9 Å². The maximum atomic E-state index is 12.3. The average molecular weight is 461 g/mol. The second-order valence-electron chi connectivity index (χ2n) is 8.62. The molecule has 1 aliphatic heterocycles. The zero-order chi connectivity index (χ0) is 23.9. The molecule has 0 radical (unpaired) electrons. The molecule has 0 spiro atoms. The third-order valence-electron chi connectivity index (χ3n) is 5.95. The van der Waals surface area contributed by atoms with Crippen LogP contribution < -0.4 is 21.3 Å². The molecule has 0 bridgehead atoms. The van der Waals surface area contributed by atoms with E-state index in [9.17, 15) is 9.59 Å². The lowest BCUT2D eigenvalue weighted by atomic mass is 10.1. The summed E-state index contributed by atoms with van der Waals surface area (Å²) in [6, 6.07) is 18.8. The van der Waals surface area contributed by atoms with Crippen molar-refractivity contribution >= 4 is 23.2 Å². The Balaban J connectivity index is 1.36. The highest BCUT2D eigenvalue weighted by Crippen LogP contribution is 2.30. The average Bonchev–Trinajstić information content (AvgIpc) is 3.56. The molecule has 2 heterocycles. The van der Waals surface area contributed by atoms with Gasteiger partial charge in [-0.1, -0.05) is 6.92 Å². The van der Waals surface area contributed by atoms with Gasteiger partial charge in [-0.3, -0.25) is 9.59 Å². The summed E-state index contributed by atoms with van der Waals surface area (Å²) in [5.41, 5.74) is 3.37. The van der Waals surface area contributed by atoms with Crippen molar-refractivity contribution in [3.63, 3.8) is 0 Å². The number of rotatable bonds is 9. The second kappa shape index (κ2) is 11.1. The molecule has 0 saturated carbocycles. The summed E-state index contributed by atoms with van der Waals surface area (Å²) in [6.45, 7) is 5.63. The summed E-state index contributed by atoms with van der Waals surface area (Å²) in [6.07, 6.45) is 2.89. The standard InChI is InChI=1S/C27H32N4O3/c1-3-16-28-18(2)26(32)30-21-10-6-19(7-11-21)24-14-15-25(34-24)20-8-12-22(13-9-20)31-27(33)23-5-4-17-29-23/h6-15,18,23,28-29H,3-5,16-17H2,1-2H3,(H,30,32)(H,31,33). The Morgan fingerprint density at radius 2 is 1.53 bits per heavy atom. The Morgan fingerprint density at radius 3 is 2.06 bits per heavy atom. The molecule has 2 amide bonds. The number of nitrogens with one attached hydrogen (secondary N) is 4. The van der Waals surface area contributed by atoms with E-state index in [0.717, 1.165) is 66.4 Å². The molecule has 1 fully saturated rings. The Morgan fingerprint density at radius 1 is 0.941 bits per heavy atom. The molecule has 7 nitrogen and oxygen atoms in total. The Kier molecular flexibility index (Phi) is 7.77. The van der Waals surface area contributed by atoms with E-state index < -0.39 is 0 Å². The number of carbonyl (C=O) groups is 2. The fourth-order valence-corrected chi connectivity index (χ4v) is 3.93. The molecule has 34 heavy (non-hydrogen) atoms. The van der Waals surface area contributed by atoms with Gasteiger partial charge in [0, 0.05) is 22.5 Å². The molecule has 3 aromatic rings.